The molecule has 0 spiro atoms. The molecule has 0 radical (unpaired) electrons. The second-order valence-corrected chi connectivity index (χ2v) is 6.58. The van der Waals surface area contributed by atoms with Gasteiger partial charge in [-0.15, -0.1) is 0 Å². The van der Waals surface area contributed by atoms with Crippen LogP contribution in [0.15, 0.2) is 53.4 Å². The van der Waals surface area contributed by atoms with Gasteiger partial charge < -0.3 is 9.84 Å². The van der Waals surface area contributed by atoms with Gasteiger partial charge in [-0.1, -0.05) is 12.1 Å². The highest BCUT2D eigenvalue weighted by molar-refractivity contribution is 7.90. The van der Waals surface area contributed by atoms with Gasteiger partial charge in [-0.3, -0.25) is 4.79 Å². The number of carboxylic acids is 1. The molecule has 0 heterocycles. The predicted octanol–water partition coefficient (Wildman–Crippen LogP) is 2.51. The third kappa shape index (κ3) is 4.32. The Morgan fingerprint density at radius 3 is 2.33 bits per heavy atom. The molecule has 0 unspecified atom stereocenters. The molecule has 0 aliphatic carbocycles. The summed E-state index contributed by atoms with van der Waals surface area (Å²) >= 11 is 0. The van der Waals surface area contributed by atoms with E-state index in [1.54, 1.807) is 36.4 Å². The number of benzene rings is 2. The second-order valence-electron chi connectivity index (χ2n) is 4.56. The summed E-state index contributed by atoms with van der Waals surface area (Å²) in [5.41, 5.74) is 0.632. The van der Waals surface area contributed by atoms with E-state index in [1.165, 1.54) is 12.1 Å². The normalized spacial score (nSPS) is 11.1. The molecule has 5 nitrogen and oxygen atoms in total. The lowest BCUT2D eigenvalue weighted by atomic mass is 10.1. The second kappa shape index (κ2) is 5.97. The van der Waals surface area contributed by atoms with Crippen LogP contribution in [0, 0.1) is 0 Å². The average Bonchev–Trinajstić information content (AvgIpc) is 2.38. The molecule has 0 fully saturated rings. The van der Waals surface area contributed by atoms with Gasteiger partial charge in [0.05, 0.1) is 11.3 Å². The number of carbonyl (C=O) groups is 1. The molecule has 0 atom stereocenters. The van der Waals surface area contributed by atoms with Crippen molar-refractivity contribution in [3.05, 3.63) is 54.1 Å². The van der Waals surface area contributed by atoms with Crippen molar-refractivity contribution in [1.82, 2.24) is 0 Å². The van der Waals surface area contributed by atoms with Crippen LogP contribution in [-0.4, -0.2) is 25.7 Å². The fraction of sp³-hybridized carbons (Fsp3) is 0.133. The number of ether oxygens (including phenoxy) is 1. The van der Waals surface area contributed by atoms with E-state index in [9.17, 15) is 13.2 Å². The molecule has 0 aliphatic rings. The molecule has 0 saturated carbocycles. The van der Waals surface area contributed by atoms with E-state index in [1.807, 2.05) is 0 Å². The zero-order valence-corrected chi connectivity index (χ0v) is 12.1. The van der Waals surface area contributed by atoms with Crippen molar-refractivity contribution >= 4 is 15.8 Å². The minimum absolute atomic E-state index is 0.0792. The quantitative estimate of drug-likeness (QED) is 0.918. The maximum Gasteiger partial charge on any atom is 0.307 e. The van der Waals surface area contributed by atoms with Gasteiger partial charge in [0.2, 0.25) is 0 Å². The summed E-state index contributed by atoms with van der Waals surface area (Å²) in [7, 11) is -3.23. The van der Waals surface area contributed by atoms with Gasteiger partial charge >= 0.3 is 5.97 Å². The molecule has 0 aromatic heterocycles. The molecular weight excluding hydrogens is 292 g/mol. The highest BCUT2D eigenvalue weighted by Crippen LogP contribution is 2.23. The molecule has 0 saturated heterocycles. The van der Waals surface area contributed by atoms with Crippen LogP contribution in [0.5, 0.6) is 11.5 Å². The van der Waals surface area contributed by atoms with Crippen LogP contribution in [0.3, 0.4) is 0 Å². The standard InChI is InChI=1S/C15H14O5S/c1-21(18,19)14-7-5-12(6-8-14)20-13-4-2-3-11(9-13)10-15(16)17/h2-9H,10H2,1H3,(H,16,17). The Morgan fingerprint density at radius 2 is 1.76 bits per heavy atom. The van der Waals surface area contributed by atoms with E-state index < -0.39 is 15.8 Å². The molecule has 1 N–H and O–H groups in total. The van der Waals surface area contributed by atoms with Crippen molar-refractivity contribution in [2.24, 2.45) is 0 Å². The molecule has 0 amide bonds. The molecule has 2 aromatic carbocycles. The Morgan fingerprint density at radius 1 is 1.10 bits per heavy atom. The Hall–Kier alpha value is -2.34. The van der Waals surface area contributed by atoms with Crippen molar-refractivity contribution in [3.8, 4) is 11.5 Å². The monoisotopic (exact) mass is 306 g/mol. The lowest BCUT2D eigenvalue weighted by Gasteiger charge is -2.07. The largest absolute Gasteiger partial charge is 0.481 e. The summed E-state index contributed by atoms with van der Waals surface area (Å²) in [6.07, 6.45) is 1.06. The third-order valence-corrected chi connectivity index (χ3v) is 3.87. The Kier molecular flexibility index (Phi) is 4.28. The molecule has 2 aromatic rings. The van der Waals surface area contributed by atoms with Gasteiger partial charge in [-0.05, 0) is 42.0 Å². The Labute approximate surface area is 122 Å². The highest BCUT2D eigenvalue weighted by atomic mass is 32.2. The number of aliphatic carboxylic acids is 1. The lowest BCUT2D eigenvalue weighted by Crippen LogP contribution is -2.00. The molecule has 0 bridgehead atoms. The Balaban J connectivity index is 2.16. The van der Waals surface area contributed by atoms with Crippen molar-refractivity contribution in [3.63, 3.8) is 0 Å². The van der Waals surface area contributed by atoms with Crippen LogP contribution in [0.4, 0.5) is 0 Å². The van der Waals surface area contributed by atoms with Gasteiger partial charge in [0.1, 0.15) is 11.5 Å². The first-order chi connectivity index (χ1) is 9.84. The molecule has 110 valence electrons. The summed E-state index contributed by atoms with van der Waals surface area (Å²) in [6, 6.07) is 12.8. The predicted molar refractivity (Wildman–Crippen MR) is 77.4 cm³/mol. The number of hydrogen-bond acceptors (Lipinski definition) is 4. The first-order valence-electron chi connectivity index (χ1n) is 6.13. The third-order valence-electron chi connectivity index (χ3n) is 2.74. The molecular formula is C15H14O5S. The van der Waals surface area contributed by atoms with Gasteiger partial charge in [-0.25, -0.2) is 8.42 Å². The minimum Gasteiger partial charge on any atom is -0.481 e. The van der Waals surface area contributed by atoms with Crippen molar-refractivity contribution in [2.75, 3.05) is 6.26 Å². The number of rotatable bonds is 5. The molecule has 2 rings (SSSR count). The van der Waals surface area contributed by atoms with Gasteiger partial charge in [0.15, 0.2) is 9.84 Å². The van der Waals surface area contributed by atoms with E-state index in [-0.39, 0.29) is 11.3 Å². The maximum absolute atomic E-state index is 11.4. The van der Waals surface area contributed by atoms with Crippen LogP contribution in [-0.2, 0) is 21.1 Å². The lowest BCUT2D eigenvalue weighted by molar-refractivity contribution is -0.136. The van der Waals surface area contributed by atoms with Gasteiger partial charge in [0, 0.05) is 6.26 Å². The molecule has 0 aliphatic heterocycles. The smallest absolute Gasteiger partial charge is 0.307 e. The van der Waals surface area contributed by atoms with Gasteiger partial charge in [-0.2, -0.15) is 0 Å². The number of carboxylic acid groups (broad SMARTS) is 1. The van der Waals surface area contributed by atoms with Crippen LogP contribution in [0.1, 0.15) is 5.56 Å². The van der Waals surface area contributed by atoms with E-state index in [2.05, 4.69) is 0 Å². The number of sulfone groups is 1. The van der Waals surface area contributed by atoms with Gasteiger partial charge in [0.25, 0.3) is 0 Å². The van der Waals surface area contributed by atoms with Crippen molar-refractivity contribution in [2.45, 2.75) is 11.3 Å². The van der Waals surface area contributed by atoms with Crippen molar-refractivity contribution < 1.29 is 23.1 Å². The van der Waals surface area contributed by atoms with E-state index >= 15 is 0 Å². The minimum atomic E-state index is -3.23. The number of hydrogen-bond donors (Lipinski definition) is 1. The maximum atomic E-state index is 11.4. The van der Waals surface area contributed by atoms with Crippen LogP contribution in [0.25, 0.3) is 0 Å². The van der Waals surface area contributed by atoms with Crippen LogP contribution < -0.4 is 4.74 Å². The summed E-state index contributed by atoms with van der Waals surface area (Å²) in [6.45, 7) is 0. The topological polar surface area (TPSA) is 80.7 Å². The zero-order chi connectivity index (χ0) is 15.5. The summed E-state index contributed by atoms with van der Waals surface area (Å²) < 4.78 is 28.3. The van der Waals surface area contributed by atoms with Crippen LogP contribution in [0.2, 0.25) is 0 Å². The first kappa shape index (κ1) is 15.1. The van der Waals surface area contributed by atoms with E-state index in [0.717, 1.165) is 6.26 Å². The summed E-state index contributed by atoms with van der Waals surface area (Å²) in [4.78, 5) is 10.9. The van der Waals surface area contributed by atoms with Crippen LogP contribution >= 0.6 is 0 Å². The fourth-order valence-corrected chi connectivity index (χ4v) is 2.41. The SMILES string of the molecule is CS(=O)(=O)c1ccc(Oc2cccc(CC(=O)O)c2)cc1. The molecule has 6 heteroatoms. The molecule has 21 heavy (non-hydrogen) atoms. The Bertz CT molecular complexity index is 748. The summed E-state index contributed by atoms with van der Waals surface area (Å²) in [5, 5.41) is 8.76. The van der Waals surface area contributed by atoms with E-state index in [4.69, 9.17) is 9.84 Å². The first-order valence-corrected chi connectivity index (χ1v) is 8.02. The summed E-state index contributed by atoms with van der Waals surface area (Å²) in [5.74, 6) is 0.0698. The fourth-order valence-electron chi connectivity index (χ4n) is 1.78. The average molecular weight is 306 g/mol. The van der Waals surface area contributed by atoms with E-state index in [0.29, 0.717) is 17.1 Å². The zero-order valence-electron chi connectivity index (χ0n) is 11.3. The highest BCUT2D eigenvalue weighted by Gasteiger charge is 2.07. The van der Waals surface area contributed by atoms with Crippen molar-refractivity contribution in [1.29, 1.82) is 0 Å².